The molecular formula is C16H12F3N3O3S2. The number of ether oxygens (including phenoxy) is 1. The van der Waals surface area contributed by atoms with Crippen LogP contribution in [0.25, 0.3) is 9.53 Å². The SMILES string of the molecule is O=C(COC(=O)c1cc2sc(Nc3ccccc3)nc2s1)NCC(F)(F)F. The van der Waals surface area contributed by atoms with E-state index in [4.69, 9.17) is 4.74 Å². The van der Waals surface area contributed by atoms with Crippen LogP contribution in [0.3, 0.4) is 0 Å². The van der Waals surface area contributed by atoms with Gasteiger partial charge in [-0.3, -0.25) is 4.79 Å². The van der Waals surface area contributed by atoms with Gasteiger partial charge >= 0.3 is 12.1 Å². The van der Waals surface area contributed by atoms with Gasteiger partial charge in [0.05, 0.1) is 4.70 Å². The summed E-state index contributed by atoms with van der Waals surface area (Å²) in [5, 5.41) is 5.43. The lowest BCUT2D eigenvalue weighted by atomic mass is 10.3. The van der Waals surface area contributed by atoms with Crippen molar-refractivity contribution >= 4 is 54.9 Å². The third kappa shape index (κ3) is 5.41. The summed E-state index contributed by atoms with van der Waals surface area (Å²) >= 11 is 2.42. The number of halogens is 3. The highest BCUT2D eigenvalue weighted by Gasteiger charge is 2.28. The van der Waals surface area contributed by atoms with E-state index < -0.39 is 31.2 Å². The van der Waals surface area contributed by atoms with E-state index in [1.54, 1.807) is 11.4 Å². The number of thiophene rings is 1. The van der Waals surface area contributed by atoms with Crippen LogP contribution in [-0.4, -0.2) is 36.2 Å². The molecular weight excluding hydrogens is 403 g/mol. The van der Waals surface area contributed by atoms with Gasteiger partial charge < -0.3 is 15.4 Å². The van der Waals surface area contributed by atoms with Gasteiger partial charge in [-0.2, -0.15) is 13.2 Å². The van der Waals surface area contributed by atoms with Crippen molar-refractivity contribution in [2.45, 2.75) is 6.18 Å². The average Bonchev–Trinajstić information content (AvgIpc) is 3.16. The van der Waals surface area contributed by atoms with Crippen LogP contribution in [0.1, 0.15) is 9.67 Å². The van der Waals surface area contributed by atoms with Crippen molar-refractivity contribution in [3.63, 3.8) is 0 Å². The van der Waals surface area contributed by atoms with Crippen LogP contribution < -0.4 is 10.6 Å². The predicted molar refractivity (Wildman–Crippen MR) is 96.6 cm³/mol. The molecule has 1 aromatic carbocycles. The lowest BCUT2D eigenvalue weighted by molar-refractivity contribution is -0.140. The van der Waals surface area contributed by atoms with Crippen molar-refractivity contribution in [2.24, 2.45) is 0 Å². The van der Waals surface area contributed by atoms with E-state index in [0.717, 1.165) is 21.7 Å². The zero-order chi connectivity index (χ0) is 19.4. The normalized spacial score (nSPS) is 11.4. The number of nitrogens with one attached hydrogen (secondary N) is 2. The highest BCUT2D eigenvalue weighted by atomic mass is 32.1. The molecule has 0 unspecified atom stereocenters. The summed E-state index contributed by atoms with van der Waals surface area (Å²) in [5.41, 5.74) is 0.878. The molecule has 142 valence electrons. The molecule has 0 aliphatic carbocycles. The molecule has 2 N–H and O–H groups in total. The summed E-state index contributed by atoms with van der Waals surface area (Å²) in [6.45, 7) is -2.26. The standard InChI is InChI=1S/C16H12F3N3O3S2/c17-16(18,19)8-20-12(23)7-25-14(24)11-6-10-13(26-11)22-15(27-10)21-9-4-2-1-3-5-9/h1-6H,7-8H2,(H,20,23)(H,21,22). The molecule has 1 amide bonds. The number of benzene rings is 1. The Kier molecular flexibility index (Phi) is 5.61. The molecule has 0 saturated heterocycles. The van der Waals surface area contributed by atoms with Gasteiger partial charge in [0.1, 0.15) is 16.3 Å². The number of rotatable bonds is 6. The molecule has 0 aliphatic heterocycles. The number of thiazole rings is 1. The maximum absolute atomic E-state index is 12.0. The molecule has 6 nitrogen and oxygen atoms in total. The van der Waals surface area contributed by atoms with Gasteiger partial charge in [-0.15, -0.1) is 11.3 Å². The number of hydrogen-bond donors (Lipinski definition) is 2. The second-order valence-electron chi connectivity index (χ2n) is 5.26. The number of amides is 1. The van der Waals surface area contributed by atoms with E-state index in [9.17, 15) is 22.8 Å². The summed E-state index contributed by atoms with van der Waals surface area (Å²) in [5.74, 6) is -1.81. The first-order chi connectivity index (χ1) is 12.8. The molecule has 11 heteroatoms. The molecule has 2 aromatic heterocycles. The van der Waals surface area contributed by atoms with Crippen molar-refractivity contribution in [1.29, 1.82) is 0 Å². The van der Waals surface area contributed by atoms with Crippen molar-refractivity contribution in [2.75, 3.05) is 18.5 Å². The molecule has 3 aromatic rings. The fraction of sp³-hybridized carbons (Fsp3) is 0.188. The van der Waals surface area contributed by atoms with Crippen LogP contribution >= 0.6 is 22.7 Å². The van der Waals surface area contributed by atoms with Gasteiger partial charge in [0, 0.05) is 5.69 Å². The van der Waals surface area contributed by atoms with Crippen LogP contribution in [0, 0.1) is 0 Å². The molecule has 0 radical (unpaired) electrons. The smallest absolute Gasteiger partial charge is 0.405 e. The molecule has 27 heavy (non-hydrogen) atoms. The van der Waals surface area contributed by atoms with Crippen molar-refractivity contribution < 1.29 is 27.5 Å². The zero-order valence-electron chi connectivity index (χ0n) is 13.5. The molecule has 0 bridgehead atoms. The highest BCUT2D eigenvalue weighted by Crippen LogP contribution is 2.34. The van der Waals surface area contributed by atoms with Gasteiger partial charge in [-0.05, 0) is 18.2 Å². The number of fused-ring (bicyclic) bond motifs is 1. The quantitative estimate of drug-likeness (QED) is 0.596. The number of esters is 1. The van der Waals surface area contributed by atoms with Gasteiger partial charge in [0.15, 0.2) is 11.7 Å². The molecule has 0 atom stereocenters. The van der Waals surface area contributed by atoms with E-state index in [1.165, 1.54) is 11.3 Å². The molecule has 0 spiro atoms. The van der Waals surface area contributed by atoms with Gasteiger partial charge in [-0.1, -0.05) is 29.5 Å². The average molecular weight is 415 g/mol. The fourth-order valence-electron chi connectivity index (χ4n) is 1.99. The fourth-order valence-corrected chi connectivity index (χ4v) is 4.02. The first-order valence-corrected chi connectivity index (χ1v) is 9.16. The lowest BCUT2D eigenvalue weighted by Gasteiger charge is -2.08. The van der Waals surface area contributed by atoms with Crippen LogP contribution in [0.15, 0.2) is 36.4 Å². The highest BCUT2D eigenvalue weighted by molar-refractivity contribution is 7.29. The van der Waals surface area contributed by atoms with E-state index >= 15 is 0 Å². The Morgan fingerprint density at radius 3 is 2.56 bits per heavy atom. The summed E-state index contributed by atoms with van der Waals surface area (Å²) in [6, 6.07) is 11.0. The lowest BCUT2D eigenvalue weighted by Crippen LogP contribution is -2.36. The minimum Gasteiger partial charge on any atom is -0.451 e. The molecule has 2 heterocycles. The van der Waals surface area contributed by atoms with Crippen LogP contribution in [0.2, 0.25) is 0 Å². The summed E-state index contributed by atoms with van der Waals surface area (Å²) in [4.78, 5) is 28.4. The predicted octanol–water partition coefficient (Wildman–Crippen LogP) is 3.94. The summed E-state index contributed by atoms with van der Waals surface area (Å²) in [6.07, 6.45) is -4.52. The second-order valence-corrected chi connectivity index (χ2v) is 7.32. The maximum Gasteiger partial charge on any atom is 0.405 e. The van der Waals surface area contributed by atoms with E-state index in [2.05, 4.69) is 10.3 Å². The van der Waals surface area contributed by atoms with E-state index in [0.29, 0.717) is 9.96 Å². The van der Waals surface area contributed by atoms with Crippen molar-refractivity contribution in [1.82, 2.24) is 10.3 Å². The Balaban J connectivity index is 1.56. The van der Waals surface area contributed by atoms with Crippen LogP contribution in [0.4, 0.5) is 24.0 Å². The summed E-state index contributed by atoms with van der Waals surface area (Å²) in [7, 11) is 0. The van der Waals surface area contributed by atoms with E-state index in [1.807, 2.05) is 30.3 Å². The number of aromatic nitrogens is 1. The van der Waals surface area contributed by atoms with Crippen LogP contribution in [0.5, 0.6) is 0 Å². The van der Waals surface area contributed by atoms with Crippen molar-refractivity contribution in [3.8, 4) is 0 Å². The zero-order valence-corrected chi connectivity index (χ0v) is 15.1. The van der Waals surface area contributed by atoms with E-state index in [-0.39, 0.29) is 4.88 Å². The largest absolute Gasteiger partial charge is 0.451 e. The van der Waals surface area contributed by atoms with Gasteiger partial charge in [0.2, 0.25) is 0 Å². The molecule has 3 rings (SSSR count). The number of carbonyl (C=O) groups excluding carboxylic acids is 2. The Bertz CT molecular complexity index is 923. The third-order valence-corrected chi connectivity index (χ3v) is 5.19. The maximum atomic E-state index is 12.0. The number of carbonyl (C=O) groups is 2. The monoisotopic (exact) mass is 415 g/mol. The topological polar surface area (TPSA) is 80.3 Å². The Morgan fingerprint density at radius 1 is 1.15 bits per heavy atom. The minimum absolute atomic E-state index is 0.221. The summed E-state index contributed by atoms with van der Waals surface area (Å²) < 4.78 is 41.5. The Hall–Kier alpha value is -2.66. The minimum atomic E-state index is -4.52. The Morgan fingerprint density at radius 2 is 1.89 bits per heavy atom. The van der Waals surface area contributed by atoms with Crippen molar-refractivity contribution in [3.05, 3.63) is 41.3 Å². The molecule has 0 aliphatic rings. The number of alkyl halides is 3. The number of anilines is 2. The van der Waals surface area contributed by atoms with Gasteiger partial charge in [-0.25, -0.2) is 9.78 Å². The first kappa shape index (κ1) is 19.1. The second kappa shape index (κ2) is 7.92. The molecule has 0 fully saturated rings. The third-order valence-electron chi connectivity index (χ3n) is 3.14. The Labute approximate surface area is 159 Å². The van der Waals surface area contributed by atoms with Crippen LogP contribution in [-0.2, 0) is 9.53 Å². The number of nitrogens with zero attached hydrogens (tertiary/aromatic N) is 1. The first-order valence-electron chi connectivity index (χ1n) is 7.53. The number of para-hydroxylation sites is 1. The van der Waals surface area contributed by atoms with Gasteiger partial charge in [0.25, 0.3) is 5.91 Å². The molecule has 0 saturated carbocycles. The number of hydrogen-bond acceptors (Lipinski definition) is 7.